The van der Waals surface area contributed by atoms with Crippen molar-refractivity contribution in [3.05, 3.63) is 57.5 Å². The molecule has 0 aliphatic heterocycles. The van der Waals surface area contributed by atoms with E-state index in [1.165, 1.54) is 17.0 Å². The quantitative estimate of drug-likeness (QED) is 0.227. The van der Waals surface area contributed by atoms with Gasteiger partial charge < -0.3 is 34.8 Å². The first kappa shape index (κ1) is 30.8. The molecule has 0 radical (unpaired) electrons. The number of aliphatic carboxylic acids is 2. The monoisotopic (exact) mass is 580 g/mol. The van der Waals surface area contributed by atoms with E-state index in [1.807, 2.05) is 0 Å². The first-order valence-electron chi connectivity index (χ1n) is 12.4. The highest BCUT2D eigenvalue weighted by molar-refractivity contribution is 7.18. The maximum atomic E-state index is 13.1. The number of ether oxygens (including phenoxy) is 1. The second kappa shape index (κ2) is 13.1. The largest absolute Gasteiger partial charge is 0.550 e. The van der Waals surface area contributed by atoms with Gasteiger partial charge in [-0.2, -0.15) is 0 Å². The third kappa shape index (κ3) is 8.15. The van der Waals surface area contributed by atoms with Crippen LogP contribution in [0.5, 0.6) is 0 Å². The van der Waals surface area contributed by atoms with E-state index in [9.17, 15) is 34.2 Å². The van der Waals surface area contributed by atoms with Crippen molar-refractivity contribution in [3.8, 4) is 12.3 Å². The van der Waals surface area contributed by atoms with Crippen LogP contribution in [0.3, 0.4) is 0 Å². The van der Waals surface area contributed by atoms with Crippen LogP contribution >= 0.6 is 11.3 Å². The molecule has 41 heavy (non-hydrogen) atoms. The van der Waals surface area contributed by atoms with E-state index in [1.54, 1.807) is 49.9 Å². The normalized spacial score (nSPS) is 11.9. The number of hydrogen-bond donors (Lipinski definition) is 1. The van der Waals surface area contributed by atoms with Gasteiger partial charge >= 0.3 is 5.97 Å². The number of hydrogen-bond acceptors (Lipinski definition) is 11. The molecule has 2 heterocycles. The van der Waals surface area contributed by atoms with Crippen LogP contribution in [0.25, 0.3) is 10.9 Å². The fourth-order valence-corrected chi connectivity index (χ4v) is 4.55. The minimum absolute atomic E-state index is 0.160. The van der Waals surface area contributed by atoms with Gasteiger partial charge in [-0.1, -0.05) is 12.0 Å². The van der Waals surface area contributed by atoms with Crippen molar-refractivity contribution in [1.29, 1.82) is 0 Å². The zero-order valence-electron chi connectivity index (χ0n) is 22.7. The maximum Gasteiger partial charge on any atom is 0.312 e. The van der Waals surface area contributed by atoms with Crippen molar-refractivity contribution in [2.24, 2.45) is 5.41 Å². The van der Waals surface area contributed by atoms with Crippen LogP contribution < -0.4 is 26.0 Å². The van der Waals surface area contributed by atoms with E-state index < -0.39 is 47.3 Å². The van der Waals surface area contributed by atoms with Gasteiger partial charge in [0.25, 0.3) is 11.5 Å². The summed E-state index contributed by atoms with van der Waals surface area (Å²) in [6, 6.07) is 6.77. The van der Waals surface area contributed by atoms with Gasteiger partial charge in [-0.3, -0.25) is 19.0 Å². The number of rotatable bonds is 12. The summed E-state index contributed by atoms with van der Waals surface area (Å²) < 4.78 is 6.45. The summed E-state index contributed by atoms with van der Waals surface area (Å²) in [5.41, 5.74) is 0.0573. The van der Waals surface area contributed by atoms with Gasteiger partial charge in [0, 0.05) is 12.5 Å². The topological polar surface area (TPSA) is 174 Å². The zero-order chi connectivity index (χ0) is 30.3. The van der Waals surface area contributed by atoms with E-state index in [-0.39, 0.29) is 31.1 Å². The van der Waals surface area contributed by atoms with Crippen molar-refractivity contribution in [1.82, 2.24) is 14.9 Å². The summed E-state index contributed by atoms with van der Waals surface area (Å²) in [5.74, 6) is -1.67. The van der Waals surface area contributed by atoms with Gasteiger partial charge in [0.1, 0.15) is 6.33 Å². The molecule has 216 valence electrons. The van der Waals surface area contributed by atoms with Crippen LogP contribution in [0, 0.1) is 17.8 Å². The van der Waals surface area contributed by atoms with E-state index in [4.69, 9.17) is 11.2 Å². The van der Waals surface area contributed by atoms with Gasteiger partial charge in [0.05, 0.1) is 44.8 Å². The van der Waals surface area contributed by atoms with Crippen molar-refractivity contribution in [2.75, 3.05) is 11.4 Å². The molecular weight excluding hydrogens is 552 g/mol. The third-order valence-electron chi connectivity index (χ3n) is 5.85. The van der Waals surface area contributed by atoms with E-state index in [0.717, 1.165) is 16.9 Å². The van der Waals surface area contributed by atoms with Crippen LogP contribution in [-0.4, -0.2) is 46.0 Å². The van der Waals surface area contributed by atoms with Crippen LogP contribution in [0.4, 0.5) is 5.00 Å². The Kier molecular flexibility index (Phi) is 9.85. The summed E-state index contributed by atoms with van der Waals surface area (Å²) in [6.45, 7) is 5.27. The Balaban J connectivity index is 1.79. The van der Waals surface area contributed by atoms with Gasteiger partial charge in [-0.05, 0) is 63.4 Å². The molecule has 0 fully saturated rings. The van der Waals surface area contributed by atoms with Gasteiger partial charge in [0.2, 0.25) is 0 Å². The molecule has 13 heteroatoms. The number of carbonyl (C=O) groups excluding carboxylic acids is 4. The smallest absolute Gasteiger partial charge is 0.312 e. The van der Waals surface area contributed by atoms with Crippen LogP contribution in [0.1, 0.15) is 48.8 Å². The molecular formula is C28H28N4O8S-2. The second-order valence-electron chi connectivity index (χ2n) is 10.1. The number of benzene rings is 1. The Morgan fingerprint density at radius 3 is 2.56 bits per heavy atom. The van der Waals surface area contributed by atoms with Crippen LogP contribution in [0.2, 0.25) is 0 Å². The zero-order valence-corrected chi connectivity index (χ0v) is 23.5. The lowest BCUT2D eigenvalue weighted by atomic mass is 9.98. The number of nitrogens with one attached hydrogen (secondary N) is 1. The molecule has 0 saturated carbocycles. The number of amides is 1. The number of nitrogens with zero attached hydrogens (tertiary/aromatic N) is 3. The number of anilines is 1. The first-order chi connectivity index (χ1) is 19.3. The molecule has 0 aliphatic carbocycles. The summed E-state index contributed by atoms with van der Waals surface area (Å²) >= 11 is 1.06. The average molecular weight is 581 g/mol. The predicted octanol–water partition coefficient (Wildman–Crippen LogP) is 0.0230. The maximum absolute atomic E-state index is 13.1. The number of esters is 1. The number of carboxylic acid groups (broad SMARTS) is 2. The third-order valence-corrected chi connectivity index (χ3v) is 6.99. The van der Waals surface area contributed by atoms with E-state index in [2.05, 4.69) is 16.2 Å². The molecule has 1 N–H and O–H groups in total. The lowest BCUT2D eigenvalue weighted by Crippen LogP contribution is -2.48. The molecule has 0 unspecified atom stereocenters. The standard InChI is InChI=1S/C28H30N4O8S/c1-5-12-31(22-10-9-21(41-22)24(35)30-20(26(37)38)8-11-23(33)34)14-17-6-7-19-18(13-17)25(36)32(15-29-19)16-40-27(39)28(2,3)4/h1,6-7,9-10,13,15,20H,8,11-12,14,16H2,2-4H3,(H,30,35)(H,33,34)(H,37,38)/p-2/t20-/m0/s1. The number of aromatic nitrogens is 2. The molecule has 0 spiro atoms. The predicted molar refractivity (Wildman–Crippen MR) is 146 cm³/mol. The molecule has 3 aromatic rings. The Labute approximate surface area is 239 Å². The Morgan fingerprint density at radius 1 is 1.20 bits per heavy atom. The number of carboxylic acids is 2. The van der Waals surface area contributed by atoms with Crippen molar-refractivity contribution >= 4 is 51.1 Å². The fraction of sp³-hybridized carbons (Fsp3) is 0.357. The molecule has 0 aliphatic rings. The minimum atomic E-state index is -1.61. The molecule has 0 bridgehead atoms. The molecule has 0 saturated heterocycles. The second-order valence-corrected chi connectivity index (χ2v) is 11.2. The number of terminal acetylenes is 1. The Morgan fingerprint density at radius 2 is 1.93 bits per heavy atom. The molecule has 2 aromatic heterocycles. The lowest BCUT2D eigenvalue weighted by Gasteiger charge is -2.21. The van der Waals surface area contributed by atoms with Gasteiger partial charge in [0.15, 0.2) is 6.73 Å². The first-order valence-corrected chi connectivity index (χ1v) is 13.3. The van der Waals surface area contributed by atoms with E-state index in [0.29, 0.717) is 15.9 Å². The van der Waals surface area contributed by atoms with Crippen LogP contribution in [0.15, 0.2) is 41.5 Å². The van der Waals surface area contributed by atoms with Gasteiger partial charge in [-0.15, -0.1) is 17.8 Å². The van der Waals surface area contributed by atoms with Crippen molar-refractivity contribution in [2.45, 2.75) is 52.9 Å². The Bertz CT molecular complexity index is 1560. The highest BCUT2D eigenvalue weighted by Crippen LogP contribution is 2.28. The number of thiophene rings is 1. The lowest BCUT2D eigenvalue weighted by molar-refractivity contribution is -0.309. The van der Waals surface area contributed by atoms with Crippen molar-refractivity contribution in [3.63, 3.8) is 0 Å². The molecule has 3 rings (SSSR count). The highest BCUT2D eigenvalue weighted by atomic mass is 32.1. The summed E-state index contributed by atoms with van der Waals surface area (Å²) in [6.07, 6.45) is 5.95. The molecule has 1 amide bonds. The summed E-state index contributed by atoms with van der Waals surface area (Å²) in [7, 11) is 0. The summed E-state index contributed by atoms with van der Waals surface area (Å²) in [4.78, 5) is 66.0. The average Bonchev–Trinajstić information content (AvgIpc) is 3.40. The van der Waals surface area contributed by atoms with Crippen molar-refractivity contribution < 1.29 is 34.1 Å². The minimum Gasteiger partial charge on any atom is -0.550 e. The molecule has 12 nitrogen and oxygen atoms in total. The Hall–Kier alpha value is -4.70. The van der Waals surface area contributed by atoms with E-state index >= 15 is 0 Å². The highest BCUT2D eigenvalue weighted by Gasteiger charge is 2.23. The summed E-state index contributed by atoms with van der Waals surface area (Å²) in [5, 5.41) is 25.2. The molecule has 1 aromatic carbocycles. The van der Waals surface area contributed by atoms with Gasteiger partial charge in [-0.25, -0.2) is 4.98 Å². The number of fused-ring (bicyclic) bond motifs is 1. The fourth-order valence-electron chi connectivity index (χ4n) is 3.64. The SMILES string of the molecule is C#CCN(Cc1ccc2ncn(COC(=O)C(C)(C)C)c(=O)c2c1)c1ccc(C(=O)N[C@@H](CCC(=O)[O-])C(=O)[O-])s1. The number of carbonyl (C=O) groups is 4. The molecule has 1 atom stereocenters. The van der Waals surface area contributed by atoms with Crippen LogP contribution in [-0.2, 0) is 32.4 Å².